The van der Waals surface area contributed by atoms with Gasteiger partial charge < -0.3 is 10.4 Å². The minimum absolute atomic E-state index is 0.0261. The lowest BCUT2D eigenvalue weighted by atomic mass is 10.1. The molecule has 1 aromatic carbocycles. The van der Waals surface area contributed by atoms with Crippen LogP contribution in [0.5, 0.6) is 0 Å². The van der Waals surface area contributed by atoms with E-state index in [-0.39, 0.29) is 11.4 Å². The van der Waals surface area contributed by atoms with E-state index >= 15 is 0 Å². The number of hydrogen-bond acceptors (Lipinski definition) is 5. The Morgan fingerprint density at radius 3 is 2.45 bits per heavy atom. The fourth-order valence-electron chi connectivity index (χ4n) is 2.58. The van der Waals surface area contributed by atoms with E-state index in [2.05, 4.69) is 10.1 Å². The predicted octanol–water partition coefficient (Wildman–Crippen LogP) is 2.74. The summed E-state index contributed by atoms with van der Waals surface area (Å²) >= 11 is 5.85. The second-order valence-electron chi connectivity index (χ2n) is 6.28. The molecule has 1 unspecified atom stereocenters. The molecule has 31 heavy (non-hydrogen) atoms. The number of carbonyl (C=O) groups is 1. The molecular weight excluding hydrogens is 444 g/mol. The lowest BCUT2D eigenvalue weighted by molar-refractivity contribution is -0.161. The highest BCUT2D eigenvalue weighted by molar-refractivity contribution is 6.30. The number of aliphatic hydroxyl groups excluding tert-OH is 1. The monoisotopic (exact) mass is 456 g/mol. The molecule has 0 radical (unpaired) electrons. The topological polar surface area (TPSA) is 97.1 Å². The van der Waals surface area contributed by atoms with Gasteiger partial charge in [-0.1, -0.05) is 23.7 Å². The molecular formula is C19H13ClF4N4O3. The largest absolute Gasteiger partial charge is 0.410 e. The SMILES string of the molecule is O=C(NC(CO)C(F)(F)F)c1cc(-c2ccc(Cl)cc2)nn(-c2cncc(F)c2)c1=O. The Hall–Kier alpha value is -3.31. The maximum atomic E-state index is 13.6. The van der Waals surface area contributed by atoms with Gasteiger partial charge in [0.25, 0.3) is 11.5 Å². The molecule has 3 aromatic rings. The van der Waals surface area contributed by atoms with Crippen molar-refractivity contribution in [1.82, 2.24) is 20.1 Å². The first-order valence-corrected chi connectivity index (χ1v) is 8.97. The Morgan fingerprint density at radius 2 is 1.87 bits per heavy atom. The van der Waals surface area contributed by atoms with Crippen LogP contribution in [-0.4, -0.2) is 44.6 Å². The second-order valence-corrected chi connectivity index (χ2v) is 6.72. The number of nitrogens with zero attached hydrogens (tertiary/aromatic N) is 3. The Bertz CT molecular complexity index is 1170. The molecule has 2 heterocycles. The highest BCUT2D eigenvalue weighted by Crippen LogP contribution is 2.22. The number of hydrogen-bond donors (Lipinski definition) is 2. The van der Waals surface area contributed by atoms with Crippen LogP contribution in [-0.2, 0) is 0 Å². The summed E-state index contributed by atoms with van der Waals surface area (Å²) in [6.45, 7) is -1.42. The van der Waals surface area contributed by atoms with Gasteiger partial charge in [-0.3, -0.25) is 14.6 Å². The molecule has 12 heteroatoms. The Morgan fingerprint density at radius 1 is 1.19 bits per heavy atom. The van der Waals surface area contributed by atoms with Crippen molar-refractivity contribution in [3.8, 4) is 16.9 Å². The van der Waals surface area contributed by atoms with E-state index in [9.17, 15) is 27.2 Å². The summed E-state index contributed by atoms with van der Waals surface area (Å²) in [7, 11) is 0. The zero-order valence-corrected chi connectivity index (χ0v) is 16.2. The van der Waals surface area contributed by atoms with Crippen molar-refractivity contribution < 1.29 is 27.5 Å². The number of halogens is 5. The van der Waals surface area contributed by atoms with Crippen molar-refractivity contribution in [2.24, 2.45) is 0 Å². The molecule has 1 atom stereocenters. The van der Waals surface area contributed by atoms with Gasteiger partial charge in [-0.15, -0.1) is 0 Å². The van der Waals surface area contributed by atoms with Crippen LogP contribution in [0.1, 0.15) is 10.4 Å². The van der Waals surface area contributed by atoms with Crippen LogP contribution in [0.25, 0.3) is 16.9 Å². The molecule has 0 aliphatic rings. The number of pyridine rings is 1. The maximum absolute atomic E-state index is 13.6. The summed E-state index contributed by atoms with van der Waals surface area (Å²) in [6.07, 6.45) is -2.97. The third kappa shape index (κ3) is 5.06. The molecule has 162 valence electrons. The number of carbonyl (C=O) groups excluding carboxylic acids is 1. The average molecular weight is 457 g/mol. The van der Waals surface area contributed by atoms with E-state index in [1.165, 1.54) is 24.3 Å². The van der Waals surface area contributed by atoms with Gasteiger partial charge in [0.15, 0.2) is 0 Å². The smallest absolute Gasteiger partial charge is 0.394 e. The van der Waals surface area contributed by atoms with Crippen LogP contribution >= 0.6 is 11.6 Å². The molecule has 0 saturated heterocycles. The summed E-state index contributed by atoms with van der Waals surface area (Å²) in [4.78, 5) is 28.9. The summed E-state index contributed by atoms with van der Waals surface area (Å²) in [5.41, 5.74) is -1.55. The zero-order valence-electron chi connectivity index (χ0n) is 15.4. The molecule has 0 aliphatic carbocycles. The molecule has 0 spiro atoms. The van der Waals surface area contributed by atoms with Gasteiger partial charge in [-0.2, -0.15) is 23.0 Å². The number of alkyl halides is 3. The fraction of sp³-hybridized carbons (Fsp3) is 0.158. The molecule has 0 fully saturated rings. The molecule has 3 rings (SSSR count). The van der Waals surface area contributed by atoms with Gasteiger partial charge in [0, 0.05) is 16.7 Å². The van der Waals surface area contributed by atoms with Gasteiger partial charge in [-0.05, 0) is 18.2 Å². The van der Waals surface area contributed by atoms with Crippen molar-refractivity contribution in [2.45, 2.75) is 12.2 Å². The lowest BCUT2D eigenvalue weighted by Crippen LogP contribution is -2.49. The van der Waals surface area contributed by atoms with Crippen LogP contribution in [0.2, 0.25) is 5.02 Å². The summed E-state index contributed by atoms with van der Waals surface area (Å²) in [5.74, 6) is -2.19. The number of nitrogens with one attached hydrogen (secondary N) is 1. The second kappa shape index (κ2) is 8.82. The highest BCUT2D eigenvalue weighted by atomic mass is 35.5. The van der Waals surface area contributed by atoms with E-state index in [1.807, 2.05) is 0 Å². The van der Waals surface area contributed by atoms with Gasteiger partial charge in [0.2, 0.25) is 0 Å². The van der Waals surface area contributed by atoms with Crippen LogP contribution in [0.3, 0.4) is 0 Å². The zero-order chi connectivity index (χ0) is 22.8. The number of amides is 1. The lowest BCUT2D eigenvalue weighted by Gasteiger charge is -2.19. The molecule has 2 aromatic heterocycles. The average Bonchev–Trinajstić information content (AvgIpc) is 2.71. The first kappa shape index (κ1) is 22.4. The van der Waals surface area contributed by atoms with E-state index < -0.39 is 41.7 Å². The van der Waals surface area contributed by atoms with Crippen molar-refractivity contribution in [1.29, 1.82) is 0 Å². The molecule has 0 aliphatic heterocycles. The highest BCUT2D eigenvalue weighted by Gasteiger charge is 2.40. The van der Waals surface area contributed by atoms with Gasteiger partial charge in [0.1, 0.15) is 17.4 Å². The predicted molar refractivity (Wildman–Crippen MR) is 102 cm³/mol. The summed E-state index contributed by atoms with van der Waals surface area (Å²) < 4.78 is 53.1. The first-order valence-electron chi connectivity index (χ1n) is 8.60. The molecule has 0 saturated carbocycles. The van der Waals surface area contributed by atoms with Crippen LogP contribution < -0.4 is 10.9 Å². The number of aromatic nitrogens is 3. The first-order chi connectivity index (χ1) is 14.6. The van der Waals surface area contributed by atoms with Crippen LogP contribution in [0.4, 0.5) is 17.6 Å². The Balaban J connectivity index is 2.16. The quantitative estimate of drug-likeness (QED) is 0.575. The van der Waals surface area contributed by atoms with Gasteiger partial charge in [-0.25, -0.2) is 4.39 Å². The Kier molecular flexibility index (Phi) is 6.37. The van der Waals surface area contributed by atoms with E-state index in [4.69, 9.17) is 16.7 Å². The molecule has 1 amide bonds. The molecule has 0 bridgehead atoms. The van der Waals surface area contributed by atoms with Gasteiger partial charge in [0.05, 0.1) is 30.4 Å². The minimum atomic E-state index is -4.94. The third-order valence-electron chi connectivity index (χ3n) is 4.11. The number of benzene rings is 1. The van der Waals surface area contributed by atoms with Crippen molar-refractivity contribution in [3.05, 3.63) is 75.5 Å². The normalized spacial score (nSPS) is 12.5. The minimum Gasteiger partial charge on any atom is -0.394 e. The van der Waals surface area contributed by atoms with Crippen molar-refractivity contribution in [3.63, 3.8) is 0 Å². The fourth-order valence-corrected chi connectivity index (χ4v) is 2.70. The third-order valence-corrected chi connectivity index (χ3v) is 4.37. The van der Waals surface area contributed by atoms with Crippen LogP contribution in [0.15, 0.2) is 53.6 Å². The van der Waals surface area contributed by atoms with Gasteiger partial charge >= 0.3 is 6.18 Å². The Labute approximate surface area is 176 Å². The van der Waals surface area contributed by atoms with Crippen molar-refractivity contribution >= 4 is 17.5 Å². The standard InChI is InChI=1S/C19H13ClF4N4O3/c20-11-3-1-10(2-4-11)15-6-14(17(30)26-16(9-29)19(22,23)24)18(31)28(27-15)13-5-12(21)7-25-8-13/h1-8,16,29H,9H2,(H,26,30). The maximum Gasteiger partial charge on any atom is 0.410 e. The van der Waals surface area contributed by atoms with Crippen LogP contribution in [0, 0.1) is 5.82 Å². The summed E-state index contributed by atoms with van der Waals surface area (Å²) in [5, 5.41) is 15.0. The van der Waals surface area contributed by atoms with E-state index in [1.54, 1.807) is 5.32 Å². The van der Waals surface area contributed by atoms with Crippen molar-refractivity contribution in [2.75, 3.05) is 6.61 Å². The molecule has 2 N–H and O–H groups in total. The summed E-state index contributed by atoms with van der Waals surface area (Å²) in [6, 6.07) is 5.35. The molecule has 7 nitrogen and oxygen atoms in total. The number of rotatable bonds is 5. The van der Waals surface area contributed by atoms with E-state index in [0.29, 0.717) is 15.3 Å². The number of aliphatic hydroxyl groups is 1. The van der Waals surface area contributed by atoms with E-state index in [0.717, 1.165) is 24.5 Å².